The van der Waals surface area contributed by atoms with Crippen LogP contribution in [0.2, 0.25) is 0 Å². The number of benzene rings is 2. The second-order valence-corrected chi connectivity index (χ2v) is 8.29. The van der Waals surface area contributed by atoms with Crippen molar-refractivity contribution in [2.75, 3.05) is 54.6 Å². The molecule has 0 saturated carbocycles. The standard InChI is InChI=1S/C25H36N2O3/c1-26(17-21-9-12-24(29-3)25(16-21)30-4)18-22-6-5-14-27(19-22)15-13-20-7-10-23(28-2)11-8-20/h7-12,16,22H,5-6,13-15,17-19H2,1-4H3/t22-/m1/s1. The van der Waals surface area contributed by atoms with E-state index in [9.17, 15) is 0 Å². The summed E-state index contributed by atoms with van der Waals surface area (Å²) >= 11 is 0. The molecule has 1 atom stereocenters. The molecule has 0 spiro atoms. The van der Waals surface area contributed by atoms with Crippen LogP contribution in [0.5, 0.6) is 17.2 Å². The summed E-state index contributed by atoms with van der Waals surface area (Å²) in [5.41, 5.74) is 2.63. The van der Waals surface area contributed by atoms with Gasteiger partial charge in [-0.05, 0) is 74.2 Å². The van der Waals surface area contributed by atoms with E-state index < -0.39 is 0 Å². The van der Waals surface area contributed by atoms with Gasteiger partial charge < -0.3 is 24.0 Å². The summed E-state index contributed by atoms with van der Waals surface area (Å²) in [6, 6.07) is 14.7. The summed E-state index contributed by atoms with van der Waals surface area (Å²) in [4.78, 5) is 5.06. The Morgan fingerprint density at radius 1 is 0.933 bits per heavy atom. The number of likely N-dealkylation sites (tertiary alicyclic amines) is 1. The molecule has 164 valence electrons. The molecule has 0 N–H and O–H groups in total. The molecule has 1 aliphatic heterocycles. The van der Waals surface area contributed by atoms with E-state index >= 15 is 0 Å². The molecule has 30 heavy (non-hydrogen) atoms. The average molecular weight is 413 g/mol. The molecule has 1 fully saturated rings. The predicted molar refractivity (Wildman–Crippen MR) is 122 cm³/mol. The molecular formula is C25H36N2O3. The monoisotopic (exact) mass is 412 g/mol. The minimum atomic E-state index is 0.722. The van der Waals surface area contributed by atoms with Gasteiger partial charge in [-0.1, -0.05) is 18.2 Å². The first-order valence-electron chi connectivity index (χ1n) is 10.9. The first-order chi connectivity index (χ1) is 14.6. The Kier molecular flexibility index (Phi) is 8.40. The van der Waals surface area contributed by atoms with Crippen molar-refractivity contribution in [1.82, 2.24) is 9.80 Å². The fourth-order valence-electron chi connectivity index (χ4n) is 4.38. The van der Waals surface area contributed by atoms with Gasteiger partial charge in [0.05, 0.1) is 21.3 Å². The summed E-state index contributed by atoms with van der Waals surface area (Å²) in [5.74, 6) is 3.23. The van der Waals surface area contributed by atoms with E-state index in [1.165, 1.54) is 37.1 Å². The normalized spacial score (nSPS) is 17.2. The lowest BCUT2D eigenvalue weighted by molar-refractivity contribution is 0.142. The molecular weight excluding hydrogens is 376 g/mol. The maximum atomic E-state index is 5.44. The molecule has 0 aliphatic carbocycles. The molecule has 3 rings (SSSR count). The van der Waals surface area contributed by atoms with Crippen molar-refractivity contribution in [3.05, 3.63) is 53.6 Å². The largest absolute Gasteiger partial charge is 0.497 e. The number of ether oxygens (including phenoxy) is 3. The van der Waals surface area contributed by atoms with Gasteiger partial charge in [0.2, 0.25) is 0 Å². The minimum Gasteiger partial charge on any atom is -0.497 e. The number of piperidine rings is 1. The van der Waals surface area contributed by atoms with E-state index in [0.717, 1.165) is 49.2 Å². The number of methoxy groups -OCH3 is 3. The van der Waals surface area contributed by atoms with Crippen LogP contribution in [0, 0.1) is 5.92 Å². The van der Waals surface area contributed by atoms with Gasteiger partial charge in [0.15, 0.2) is 11.5 Å². The number of nitrogens with zero attached hydrogens (tertiary/aromatic N) is 2. The Hall–Kier alpha value is -2.24. The second kappa shape index (κ2) is 11.2. The van der Waals surface area contributed by atoms with Crippen LogP contribution >= 0.6 is 0 Å². The zero-order valence-electron chi connectivity index (χ0n) is 18.9. The summed E-state index contributed by atoms with van der Waals surface area (Å²) in [7, 11) is 7.29. The minimum absolute atomic E-state index is 0.722. The molecule has 0 bridgehead atoms. The zero-order chi connectivity index (χ0) is 21.3. The molecule has 0 aromatic heterocycles. The van der Waals surface area contributed by atoms with Crippen LogP contribution in [0.1, 0.15) is 24.0 Å². The van der Waals surface area contributed by atoms with Crippen LogP contribution in [0.15, 0.2) is 42.5 Å². The van der Waals surface area contributed by atoms with Crippen molar-refractivity contribution < 1.29 is 14.2 Å². The quantitative estimate of drug-likeness (QED) is 0.587. The molecule has 1 saturated heterocycles. The predicted octanol–water partition coefficient (Wildman–Crippen LogP) is 4.10. The van der Waals surface area contributed by atoms with E-state index in [-0.39, 0.29) is 0 Å². The first-order valence-corrected chi connectivity index (χ1v) is 10.9. The summed E-state index contributed by atoms with van der Waals surface area (Å²) < 4.78 is 16.0. The highest BCUT2D eigenvalue weighted by molar-refractivity contribution is 5.42. The lowest BCUT2D eigenvalue weighted by Crippen LogP contribution is -2.40. The van der Waals surface area contributed by atoms with Gasteiger partial charge in [-0.3, -0.25) is 0 Å². The lowest BCUT2D eigenvalue weighted by atomic mass is 9.97. The molecule has 2 aromatic carbocycles. The van der Waals surface area contributed by atoms with Crippen molar-refractivity contribution in [3.63, 3.8) is 0 Å². The average Bonchev–Trinajstić information content (AvgIpc) is 2.78. The molecule has 0 unspecified atom stereocenters. The molecule has 5 nitrogen and oxygen atoms in total. The molecule has 1 heterocycles. The van der Waals surface area contributed by atoms with Gasteiger partial charge in [0.25, 0.3) is 0 Å². The SMILES string of the molecule is COc1ccc(CCN2CCC[C@H](CN(C)Cc3ccc(OC)c(OC)c3)C2)cc1. The number of hydrogen-bond acceptors (Lipinski definition) is 5. The van der Waals surface area contributed by atoms with E-state index in [1.54, 1.807) is 21.3 Å². The van der Waals surface area contributed by atoms with Crippen molar-refractivity contribution in [2.24, 2.45) is 5.92 Å². The maximum absolute atomic E-state index is 5.44. The Morgan fingerprint density at radius 2 is 1.67 bits per heavy atom. The van der Waals surface area contributed by atoms with E-state index in [1.807, 2.05) is 6.07 Å². The number of hydrogen-bond donors (Lipinski definition) is 0. The maximum Gasteiger partial charge on any atom is 0.161 e. The third-order valence-corrected chi connectivity index (χ3v) is 5.95. The highest BCUT2D eigenvalue weighted by atomic mass is 16.5. The molecule has 5 heteroatoms. The van der Waals surface area contributed by atoms with Crippen LogP contribution < -0.4 is 14.2 Å². The fraction of sp³-hybridized carbons (Fsp3) is 0.520. The summed E-state index contributed by atoms with van der Waals surface area (Å²) in [5, 5.41) is 0. The third kappa shape index (κ3) is 6.38. The van der Waals surface area contributed by atoms with Gasteiger partial charge in [0, 0.05) is 26.2 Å². The highest BCUT2D eigenvalue weighted by Gasteiger charge is 2.21. The van der Waals surface area contributed by atoms with Crippen LogP contribution in [0.4, 0.5) is 0 Å². The van der Waals surface area contributed by atoms with Gasteiger partial charge in [-0.15, -0.1) is 0 Å². The smallest absolute Gasteiger partial charge is 0.161 e. The van der Waals surface area contributed by atoms with E-state index in [0.29, 0.717) is 0 Å². The summed E-state index contributed by atoms with van der Waals surface area (Å²) in [6.07, 6.45) is 3.70. The van der Waals surface area contributed by atoms with E-state index in [4.69, 9.17) is 14.2 Å². The first kappa shape index (κ1) is 22.4. The van der Waals surface area contributed by atoms with Crippen LogP contribution in [0.25, 0.3) is 0 Å². The summed E-state index contributed by atoms with van der Waals surface area (Å²) in [6.45, 7) is 5.57. The van der Waals surface area contributed by atoms with Gasteiger partial charge in [-0.25, -0.2) is 0 Å². The van der Waals surface area contributed by atoms with Gasteiger partial charge >= 0.3 is 0 Å². The third-order valence-electron chi connectivity index (χ3n) is 5.95. The van der Waals surface area contributed by atoms with Crippen molar-refractivity contribution >= 4 is 0 Å². The molecule has 0 radical (unpaired) electrons. The lowest BCUT2D eigenvalue weighted by Gasteiger charge is -2.34. The highest BCUT2D eigenvalue weighted by Crippen LogP contribution is 2.28. The molecule has 2 aromatic rings. The van der Waals surface area contributed by atoms with Crippen LogP contribution in [0.3, 0.4) is 0 Å². The molecule has 1 aliphatic rings. The van der Waals surface area contributed by atoms with E-state index in [2.05, 4.69) is 53.2 Å². The van der Waals surface area contributed by atoms with Crippen LogP contribution in [-0.2, 0) is 13.0 Å². The Labute approximate surface area is 181 Å². The molecule has 0 amide bonds. The zero-order valence-corrected chi connectivity index (χ0v) is 18.9. The van der Waals surface area contributed by atoms with Crippen molar-refractivity contribution in [3.8, 4) is 17.2 Å². The second-order valence-electron chi connectivity index (χ2n) is 8.29. The van der Waals surface area contributed by atoms with Gasteiger partial charge in [-0.2, -0.15) is 0 Å². The fourth-order valence-corrected chi connectivity index (χ4v) is 4.38. The van der Waals surface area contributed by atoms with Crippen LogP contribution in [-0.4, -0.2) is 64.4 Å². The topological polar surface area (TPSA) is 34.2 Å². The Bertz CT molecular complexity index is 778. The Balaban J connectivity index is 1.46. The Morgan fingerprint density at radius 3 is 2.37 bits per heavy atom. The van der Waals surface area contributed by atoms with Crippen molar-refractivity contribution in [2.45, 2.75) is 25.8 Å². The van der Waals surface area contributed by atoms with Crippen molar-refractivity contribution in [1.29, 1.82) is 0 Å². The van der Waals surface area contributed by atoms with Gasteiger partial charge in [0.1, 0.15) is 5.75 Å². The number of rotatable bonds is 10.